The summed E-state index contributed by atoms with van der Waals surface area (Å²) in [5.41, 5.74) is 30.2. The number of nitrogens with zero attached hydrogens (tertiary/aromatic N) is 1. The molecule has 12 amide bonds. The molecule has 2 unspecified atom stereocenters. The van der Waals surface area contributed by atoms with Gasteiger partial charge in [-0.15, -0.1) is 0 Å². The number of nitrogens with one attached hydrogen (secondary N) is 10. The monoisotopic (exact) mass is 1360 g/mol. The summed E-state index contributed by atoms with van der Waals surface area (Å²) in [6, 6.07) is -9.47. The molecule has 2 aliphatic rings. The lowest BCUT2D eigenvalue weighted by molar-refractivity contribution is -0.144. The fourth-order valence-electron chi connectivity index (χ4n) is 10.6. The van der Waals surface area contributed by atoms with Crippen molar-refractivity contribution in [2.24, 2.45) is 40.5 Å². The van der Waals surface area contributed by atoms with Crippen molar-refractivity contribution in [1.29, 1.82) is 0 Å². The van der Waals surface area contributed by atoms with Crippen LogP contribution >= 0.6 is 21.6 Å². The van der Waals surface area contributed by atoms with Gasteiger partial charge in [-0.3, -0.25) is 62.3 Å². The number of rotatable bonds is 23. The van der Waals surface area contributed by atoms with Gasteiger partial charge in [0.25, 0.3) is 0 Å². The third-order valence-electron chi connectivity index (χ3n) is 16.0. The number of primary amides is 2. The fraction of sp³-hybridized carbons (Fsp3) is 0.633. The Labute approximate surface area is 552 Å². The van der Waals surface area contributed by atoms with Gasteiger partial charge in [0.1, 0.15) is 60.4 Å². The number of aromatic nitrogens is 1. The summed E-state index contributed by atoms with van der Waals surface area (Å²) in [6.07, 6.45) is 0.309. The number of benzene rings is 1. The van der Waals surface area contributed by atoms with E-state index < -0.39 is 181 Å². The minimum Gasteiger partial charge on any atom is -0.481 e. The Bertz CT molecular complexity index is 2990. The number of carboxylic acids is 2. The van der Waals surface area contributed by atoms with E-state index in [0.29, 0.717) is 29.3 Å². The number of hydrogen-bond acceptors (Lipinski definition) is 19. The fourth-order valence-corrected chi connectivity index (χ4v) is 12.8. The predicted octanol–water partition coefficient (Wildman–Crippen LogP) is -2.77. The zero-order chi connectivity index (χ0) is 69.8. The van der Waals surface area contributed by atoms with E-state index in [-0.39, 0.29) is 101 Å². The van der Waals surface area contributed by atoms with Crippen molar-refractivity contribution in [3.05, 3.63) is 36.0 Å². The van der Waals surface area contributed by atoms with E-state index in [1.807, 2.05) is 0 Å². The van der Waals surface area contributed by atoms with Crippen molar-refractivity contribution >= 4 is 115 Å². The Morgan fingerprint density at radius 2 is 1.10 bits per heavy atom. The number of para-hydroxylation sites is 1. The molecule has 0 radical (unpaired) electrons. The van der Waals surface area contributed by atoms with Crippen LogP contribution in [0.4, 0.5) is 0 Å². The van der Waals surface area contributed by atoms with Gasteiger partial charge in [0, 0.05) is 54.4 Å². The number of aromatic amines is 1. The molecule has 1 aromatic carbocycles. The minimum absolute atomic E-state index is 0.0155. The van der Waals surface area contributed by atoms with Gasteiger partial charge in [-0.2, -0.15) is 0 Å². The molecule has 0 saturated carbocycles. The predicted molar refractivity (Wildman–Crippen MR) is 348 cm³/mol. The Morgan fingerprint density at radius 3 is 1.67 bits per heavy atom. The van der Waals surface area contributed by atoms with Gasteiger partial charge in [0.05, 0.1) is 12.5 Å². The van der Waals surface area contributed by atoms with Crippen LogP contribution in [0.1, 0.15) is 130 Å². The first-order chi connectivity index (χ1) is 44.6. The van der Waals surface area contributed by atoms with E-state index in [0.717, 1.165) is 26.5 Å². The van der Waals surface area contributed by atoms with Gasteiger partial charge in [-0.25, -0.2) is 4.79 Å². The standard InChI is InChI=1S/C60H94N16O16S2/c1-5-32(4)49-58(89)73-42(26-33-28-66-36-14-7-6-13-34(33)36)55(86)68-37(15-8-10-22-61)51(82)69-38(18-20-46(64)77)52(83)70-40(16-9-11-23-62)59(90)76-24-12-17-45(76)57(88)72-43(27-48(79)80)56(87)71-41(25-31(2)3)54(85)74-44(60(91)92)30-94-93-29-35(63)50(81)67-39(53(84)75-49)19-21-47(65)78/h6-7,13-14,28,31-32,35,37-45,49,66H,5,8-12,15-27,29-30,61-63H2,1-4H3,(H2,64,77)(H2,65,78)(H,67,81)(H,68,86)(H,69,82)(H,70,83)(H,71,87)(H,72,88)(H,73,89)(H,74,85)(H,75,84)(H,79,80)(H,91,92)/t32-,35-,37-,38-,39+,40-,41+,42-,43?,44+,45?,49+/m0/s1. The number of carbonyl (C=O) groups excluding carboxylic acids is 12. The van der Waals surface area contributed by atoms with Crippen LogP contribution in [-0.2, 0) is 73.5 Å². The zero-order valence-corrected chi connectivity index (χ0v) is 55.1. The molecule has 4 rings (SSSR count). The third-order valence-corrected chi connectivity index (χ3v) is 18.4. The van der Waals surface area contributed by atoms with Gasteiger partial charge < -0.3 is 96.6 Å². The second-order valence-electron chi connectivity index (χ2n) is 23.9. The minimum atomic E-state index is -1.85. The van der Waals surface area contributed by atoms with Crippen LogP contribution in [0, 0.1) is 11.8 Å². The molecule has 2 aromatic rings. The van der Waals surface area contributed by atoms with E-state index in [9.17, 15) is 77.3 Å². The smallest absolute Gasteiger partial charge is 0.327 e. The first-order valence-corrected chi connectivity index (χ1v) is 34.1. The molecular weight excluding hydrogens is 1260 g/mol. The van der Waals surface area contributed by atoms with Crippen LogP contribution in [-0.4, -0.2) is 201 Å². The largest absolute Gasteiger partial charge is 0.481 e. The molecule has 0 bridgehead atoms. The number of amides is 12. The van der Waals surface area contributed by atoms with Crippen molar-refractivity contribution in [3.63, 3.8) is 0 Å². The maximum absolute atomic E-state index is 14.9. The second kappa shape index (κ2) is 39.6. The van der Waals surface area contributed by atoms with Gasteiger partial charge in [-0.1, -0.05) is 73.9 Å². The van der Waals surface area contributed by atoms with Crippen molar-refractivity contribution in [2.45, 2.75) is 197 Å². The van der Waals surface area contributed by atoms with Gasteiger partial charge >= 0.3 is 11.9 Å². The highest BCUT2D eigenvalue weighted by Gasteiger charge is 2.42. The first-order valence-electron chi connectivity index (χ1n) is 31.6. The van der Waals surface area contributed by atoms with Crippen LogP contribution in [0.2, 0.25) is 0 Å². The Hall–Kier alpha value is -8.08. The number of carboxylic acid groups (broad SMARTS) is 2. The molecule has 2 aliphatic heterocycles. The first kappa shape index (κ1) is 78.4. The van der Waals surface area contributed by atoms with Crippen LogP contribution in [0.5, 0.6) is 0 Å². The second-order valence-corrected chi connectivity index (χ2v) is 26.5. The van der Waals surface area contributed by atoms with Crippen LogP contribution < -0.4 is 76.5 Å². The SMILES string of the molecule is CC[C@H](C)[C@H]1NC(=O)[C@@H](CCC(N)=O)NC(=O)[C@@H](N)CSSC[C@H](C(=O)O)NC(=O)[C@@H](CC(C)C)NC(=O)C(CC(=O)O)NC(=O)C2CCCN2C(=O)[C@H](CCCCN)NC(=O)[C@H](CCC(N)=O)NC(=O)[C@H](CCCCN)NC(=O)[C@H](Cc2c[nH]c3ccccc23)NC1=O. The third kappa shape index (κ3) is 25.3. The van der Waals surface area contributed by atoms with Crippen LogP contribution in [0.15, 0.2) is 30.5 Å². The highest BCUT2D eigenvalue weighted by Crippen LogP contribution is 2.25. The summed E-state index contributed by atoms with van der Waals surface area (Å²) >= 11 is 0. The maximum Gasteiger partial charge on any atom is 0.327 e. The lowest BCUT2D eigenvalue weighted by atomic mass is 9.96. The Morgan fingerprint density at radius 1 is 0.596 bits per heavy atom. The molecule has 522 valence electrons. The van der Waals surface area contributed by atoms with Gasteiger partial charge in [-0.05, 0) is 107 Å². The molecule has 22 N–H and O–H groups in total. The summed E-state index contributed by atoms with van der Waals surface area (Å²) in [5, 5.41) is 44.0. The molecule has 3 heterocycles. The molecule has 94 heavy (non-hydrogen) atoms. The number of fused-ring (bicyclic) bond motifs is 2. The zero-order valence-electron chi connectivity index (χ0n) is 53.5. The molecule has 2 fully saturated rings. The summed E-state index contributed by atoms with van der Waals surface area (Å²) in [7, 11) is 1.82. The van der Waals surface area contributed by atoms with Gasteiger partial charge in [0.15, 0.2) is 0 Å². The molecule has 1 aromatic heterocycles. The Balaban J connectivity index is 1.85. The molecule has 32 nitrogen and oxygen atoms in total. The number of aliphatic carboxylic acids is 2. The van der Waals surface area contributed by atoms with Crippen molar-refractivity contribution in [3.8, 4) is 0 Å². The molecule has 0 spiro atoms. The Kier molecular flexibility index (Phi) is 33.0. The molecule has 0 aliphatic carbocycles. The van der Waals surface area contributed by atoms with E-state index >= 15 is 0 Å². The van der Waals surface area contributed by atoms with Crippen molar-refractivity contribution in [1.82, 2.24) is 57.7 Å². The highest BCUT2D eigenvalue weighted by atomic mass is 33.1. The number of H-pyrrole nitrogens is 1. The number of carbonyl (C=O) groups is 14. The van der Waals surface area contributed by atoms with E-state index in [4.69, 9.17) is 28.7 Å². The molecular formula is C60H94N16O16S2. The average Bonchev–Trinajstić information content (AvgIpc) is 1.64. The summed E-state index contributed by atoms with van der Waals surface area (Å²) in [5.74, 6) is -15.7. The van der Waals surface area contributed by atoms with Crippen LogP contribution in [0.3, 0.4) is 0 Å². The van der Waals surface area contributed by atoms with Gasteiger partial charge in [0.2, 0.25) is 70.9 Å². The lowest BCUT2D eigenvalue weighted by Gasteiger charge is -2.31. The number of unbranched alkanes of at least 4 members (excludes halogenated alkanes) is 2. The number of hydrogen-bond donors (Lipinski definition) is 17. The normalized spacial score (nSPS) is 25.5. The average molecular weight is 1360 g/mol. The molecule has 34 heteroatoms. The topological polar surface area (TPSA) is 537 Å². The number of nitrogens with two attached hydrogens (primary N) is 5. The van der Waals surface area contributed by atoms with E-state index in [2.05, 4.69) is 52.8 Å². The van der Waals surface area contributed by atoms with E-state index in [1.165, 1.54) is 0 Å². The summed E-state index contributed by atoms with van der Waals surface area (Å²) < 4.78 is 0. The van der Waals surface area contributed by atoms with Crippen molar-refractivity contribution < 1.29 is 77.3 Å². The quantitative estimate of drug-likeness (QED) is 0.0395. The van der Waals surface area contributed by atoms with Crippen LogP contribution in [0.25, 0.3) is 10.9 Å². The maximum atomic E-state index is 14.9. The summed E-state index contributed by atoms with van der Waals surface area (Å²) in [6.45, 7) is 7.07. The van der Waals surface area contributed by atoms with Crippen molar-refractivity contribution in [2.75, 3.05) is 31.1 Å². The van der Waals surface area contributed by atoms with E-state index in [1.54, 1.807) is 58.2 Å². The molecule has 12 atom stereocenters. The highest BCUT2D eigenvalue weighted by molar-refractivity contribution is 8.76. The summed E-state index contributed by atoms with van der Waals surface area (Å²) in [4.78, 5) is 198. The lowest BCUT2D eigenvalue weighted by Crippen LogP contribution is -2.61. The molecule has 2 saturated heterocycles.